The first-order valence-electron chi connectivity index (χ1n) is 8.45. The summed E-state index contributed by atoms with van der Waals surface area (Å²) in [5.41, 5.74) is 5.10. The molecule has 27 heavy (non-hydrogen) atoms. The molecule has 4 rings (SSSR count). The molecule has 4 aromatic heterocycles. The quantitative estimate of drug-likeness (QED) is 0.491. The summed E-state index contributed by atoms with van der Waals surface area (Å²) in [6.45, 7) is 5.35. The molecular formula is C18H19ClN6S2. The van der Waals surface area contributed by atoms with Crippen LogP contribution in [0, 0.1) is 13.8 Å². The Balaban J connectivity index is 1.49. The molecule has 0 aromatic carbocycles. The predicted octanol–water partition coefficient (Wildman–Crippen LogP) is 4.73. The highest BCUT2D eigenvalue weighted by atomic mass is 35.5. The third-order valence-corrected chi connectivity index (χ3v) is 6.62. The number of thiazole rings is 1. The van der Waals surface area contributed by atoms with Gasteiger partial charge in [0, 0.05) is 25.4 Å². The van der Waals surface area contributed by atoms with Gasteiger partial charge in [0.15, 0.2) is 5.13 Å². The summed E-state index contributed by atoms with van der Waals surface area (Å²) >= 11 is 9.61. The molecule has 0 saturated carbocycles. The van der Waals surface area contributed by atoms with Crippen molar-refractivity contribution in [3.05, 3.63) is 56.8 Å². The van der Waals surface area contributed by atoms with E-state index in [4.69, 9.17) is 16.7 Å². The van der Waals surface area contributed by atoms with Crippen LogP contribution in [0.15, 0.2) is 29.1 Å². The van der Waals surface area contributed by atoms with Crippen molar-refractivity contribution in [3.63, 3.8) is 0 Å². The number of hydrogen-bond donors (Lipinski definition) is 1. The maximum Gasteiger partial charge on any atom is 0.183 e. The van der Waals surface area contributed by atoms with Crippen molar-refractivity contribution in [2.75, 3.05) is 5.32 Å². The summed E-state index contributed by atoms with van der Waals surface area (Å²) < 4.78 is 3.65. The van der Waals surface area contributed by atoms with Crippen LogP contribution in [0.5, 0.6) is 0 Å². The van der Waals surface area contributed by atoms with E-state index in [0.717, 1.165) is 39.2 Å². The summed E-state index contributed by atoms with van der Waals surface area (Å²) in [6.07, 6.45) is 2.01. The van der Waals surface area contributed by atoms with Crippen LogP contribution in [0.25, 0.3) is 10.6 Å². The molecule has 0 amide bonds. The molecule has 0 fully saturated rings. The molecule has 4 heterocycles. The molecule has 0 unspecified atom stereocenters. The predicted molar refractivity (Wildman–Crippen MR) is 112 cm³/mol. The molecule has 0 aliphatic carbocycles. The van der Waals surface area contributed by atoms with Gasteiger partial charge >= 0.3 is 0 Å². The van der Waals surface area contributed by atoms with Crippen LogP contribution in [0.2, 0.25) is 5.15 Å². The molecule has 9 heteroatoms. The first kappa shape index (κ1) is 18.2. The first-order valence-corrected chi connectivity index (χ1v) is 10.6. The summed E-state index contributed by atoms with van der Waals surface area (Å²) in [7, 11) is 1.84. The fourth-order valence-electron chi connectivity index (χ4n) is 2.89. The van der Waals surface area contributed by atoms with Crippen molar-refractivity contribution in [1.82, 2.24) is 24.5 Å². The Morgan fingerprint density at radius 2 is 2.04 bits per heavy atom. The van der Waals surface area contributed by atoms with E-state index in [1.165, 1.54) is 5.56 Å². The molecule has 1 N–H and O–H groups in total. The highest BCUT2D eigenvalue weighted by molar-refractivity contribution is 7.19. The van der Waals surface area contributed by atoms with Gasteiger partial charge in [0.1, 0.15) is 10.8 Å². The maximum atomic E-state index is 6.31. The number of nitrogens with zero attached hydrogens (tertiary/aromatic N) is 5. The van der Waals surface area contributed by atoms with E-state index in [1.807, 2.05) is 37.8 Å². The van der Waals surface area contributed by atoms with E-state index < -0.39 is 0 Å². The van der Waals surface area contributed by atoms with Crippen LogP contribution in [0.4, 0.5) is 5.13 Å². The van der Waals surface area contributed by atoms with Gasteiger partial charge in [0.2, 0.25) is 0 Å². The van der Waals surface area contributed by atoms with E-state index in [-0.39, 0.29) is 0 Å². The lowest BCUT2D eigenvalue weighted by Crippen LogP contribution is -2.00. The van der Waals surface area contributed by atoms with E-state index in [1.54, 1.807) is 27.4 Å². The summed E-state index contributed by atoms with van der Waals surface area (Å²) in [5, 5.41) is 18.2. The third-order valence-electron chi connectivity index (χ3n) is 4.28. The second-order valence-corrected chi connectivity index (χ2v) is 8.43. The summed E-state index contributed by atoms with van der Waals surface area (Å²) in [5.74, 6) is 0. The normalized spacial score (nSPS) is 11.3. The lowest BCUT2D eigenvalue weighted by Gasteiger charge is -2.02. The van der Waals surface area contributed by atoms with E-state index >= 15 is 0 Å². The zero-order valence-corrected chi connectivity index (χ0v) is 17.6. The van der Waals surface area contributed by atoms with Gasteiger partial charge < -0.3 is 5.32 Å². The van der Waals surface area contributed by atoms with Crippen LogP contribution in [0.3, 0.4) is 0 Å². The maximum absolute atomic E-state index is 6.31. The van der Waals surface area contributed by atoms with E-state index in [0.29, 0.717) is 11.7 Å². The minimum Gasteiger partial charge on any atom is -0.357 e. The average molecular weight is 419 g/mol. The number of aryl methyl sites for hydroxylation is 3. The van der Waals surface area contributed by atoms with Crippen LogP contribution in [0.1, 0.15) is 22.5 Å². The lowest BCUT2D eigenvalue weighted by atomic mass is 10.3. The lowest BCUT2D eigenvalue weighted by molar-refractivity contribution is 0.691. The molecule has 4 aromatic rings. The largest absolute Gasteiger partial charge is 0.357 e. The van der Waals surface area contributed by atoms with Crippen molar-refractivity contribution in [1.29, 1.82) is 0 Å². The second kappa shape index (κ2) is 7.46. The Kier molecular flexibility index (Phi) is 5.03. The fourth-order valence-corrected chi connectivity index (χ4v) is 4.72. The minimum absolute atomic E-state index is 0.595. The number of nitrogens with one attached hydrogen (secondary N) is 1. The number of aromatic nitrogens is 5. The van der Waals surface area contributed by atoms with Gasteiger partial charge in [-0.05, 0) is 42.3 Å². The first-order chi connectivity index (χ1) is 13.0. The molecule has 140 valence electrons. The highest BCUT2D eigenvalue weighted by Crippen LogP contribution is 2.32. The average Bonchev–Trinajstić information content (AvgIpc) is 3.39. The SMILES string of the molecule is Cc1nc(NCc2c(C)nn(C)c2Cl)sc1-c1ccn(Cc2ccsc2)n1. The molecule has 0 radical (unpaired) electrons. The molecule has 0 bridgehead atoms. The van der Waals surface area contributed by atoms with Gasteiger partial charge in [-0.1, -0.05) is 22.9 Å². The van der Waals surface area contributed by atoms with Crippen molar-refractivity contribution in [2.45, 2.75) is 26.9 Å². The Hall–Kier alpha value is -2.16. The Morgan fingerprint density at radius 3 is 2.74 bits per heavy atom. The molecule has 6 nitrogen and oxygen atoms in total. The Bertz CT molecular complexity index is 1060. The minimum atomic E-state index is 0.595. The zero-order valence-electron chi connectivity index (χ0n) is 15.2. The fraction of sp³-hybridized carbons (Fsp3) is 0.278. The van der Waals surface area contributed by atoms with E-state index in [2.05, 4.69) is 32.2 Å². The molecule has 0 spiro atoms. The molecule has 0 aliphatic heterocycles. The van der Waals surface area contributed by atoms with Crippen molar-refractivity contribution < 1.29 is 0 Å². The van der Waals surface area contributed by atoms with Gasteiger partial charge in [0.25, 0.3) is 0 Å². The van der Waals surface area contributed by atoms with Gasteiger partial charge in [-0.3, -0.25) is 9.36 Å². The number of thiophene rings is 1. The van der Waals surface area contributed by atoms with Gasteiger partial charge in [0.05, 0.1) is 22.8 Å². The highest BCUT2D eigenvalue weighted by Gasteiger charge is 2.15. The summed E-state index contributed by atoms with van der Waals surface area (Å²) in [4.78, 5) is 5.72. The molecular weight excluding hydrogens is 400 g/mol. The van der Waals surface area contributed by atoms with Crippen LogP contribution in [-0.4, -0.2) is 24.5 Å². The summed E-state index contributed by atoms with van der Waals surface area (Å²) in [6, 6.07) is 4.16. The van der Waals surface area contributed by atoms with Crippen molar-refractivity contribution in [2.24, 2.45) is 7.05 Å². The number of halogens is 1. The van der Waals surface area contributed by atoms with Gasteiger partial charge in [-0.25, -0.2) is 4.98 Å². The smallest absolute Gasteiger partial charge is 0.183 e. The van der Waals surface area contributed by atoms with E-state index in [9.17, 15) is 0 Å². The van der Waals surface area contributed by atoms with Crippen LogP contribution in [-0.2, 0) is 20.1 Å². The molecule has 0 aliphatic rings. The number of rotatable bonds is 6. The van der Waals surface area contributed by atoms with Gasteiger partial charge in [-0.15, -0.1) is 0 Å². The standard InChI is InChI=1S/C18H19ClN6S2/c1-11-14(17(19)24(3)22-11)8-20-18-21-12(2)16(27-18)15-4-6-25(23-15)9-13-5-7-26-10-13/h4-7,10H,8-9H2,1-3H3,(H,20,21). The second-order valence-electron chi connectivity index (χ2n) is 6.30. The molecule has 0 saturated heterocycles. The Labute approximate surface area is 170 Å². The van der Waals surface area contributed by atoms with Gasteiger partial charge in [-0.2, -0.15) is 21.5 Å². The van der Waals surface area contributed by atoms with Crippen LogP contribution >= 0.6 is 34.3 Å². The number of hydrogen-bond acceptors (Lipinski definition) is 6. The monoisotopic (exact) mass is 418 g/mol. The van der Waals surface area contributed by atoms with Crippen molar-refractivity contribution in [3.8, 4) is 10.6 Å². The number of anilines is 1. The Morgan fingerprint density at radius 1 is 1.19 bits per heavy atom. The zero-order chi connectivity index (χ0) is 19.0. The topological polar surface area (TPSA) is 60.6 Å². The third kappa shape index (κ3) is 3.78. The van der Waals surface area contributed by atoms with Crippen molar-refractivity contribution >= 4 is 39.4 Å². The molecule has 0 atom stereocenters. The van der Waals surface area contributed by atoms with Crippen LogP contribution < -0.4 is 5.32 Å².